The number of nitrogens with zero attached hydrogens (tertiary/aromatic N) is 1. The lowest BCUT2D eigenvalue weighted by Crippen LogP contribution is -2.22. The summed E-state index contributed by atoms with van der Waals surface area (Å²) in [7, 11) is -0.777. The van der Waals surface area contributed by atoms with E-state index in [0.29, 0.717) is 5.75 Å². The number of anilines is 2. The Balaban J connectivity index is 2.59. The molecule has 2 unspecified atom stereocenters. The summed E-state index contributed by atoms with van der Waals surface area (Å²) >= 11 is 0. The molecule has 1 rings (SSSR count). The van der Waals surface area contributed by atoms with Gasteiger partial charge in [0.05, 0.1) is 23.8 Å². The van der Waals surface area contributed by atoms with Crippen molar-refractivity contribution in [2.45, 2.75) is 19.9 Å². The maximum absolute atomic E-state index is 11.1. The first kappa shape index (κ1) is 13.0. The van der Waals surface area contributed by atoms with Gasteiger partial charge >= 0.3 is 0 Å². The molecular formula is C11H19N3OS. The monoisotopic (exact) mass is 241 g/mol. The van der Waals surface area contributed by atoms with E-state index in [0.717, 1.165) is 17.9 Å². The summed E-state index contributed by atoms with van der Waals surface area (Å²) in [5.74, 6) is 0.644. The predicted molar refractivity (Wildman–Crippen MR) is 70.4 cm³/mol. The number of nitrogens with one attached hydrogen (secondary N) is 2. The summed E-state index contributed by atoms with van der Waals surface area (Å²) in [5.41, 5.74) is 1.95. The van der Waals surface area contributed by atoms with E-state index in [2.05, 4.69) is 15.6 Å². The third kappa shape index (κ3) is 4.61. The quantitative estimate of drug-likeness (QED) is 0.796. The van der Waals surface area contributed by atoms with Crippen LogP contribution in [0, 0.1) is 0 Å². The molecule has 2 N–H and O–H groups in total. The lowest BCUT2D eigenvalue weighted by atomic mass is 10.3. The zero-order chi connectivity index (χ0) is 12.0. The highest BCUT2D eigenvalue weighted by Gasteiger charge is 2.04. The molecule has 90 valence electrons. The van der Waals surface area contributed by atoms with Gasteiger partial charge < -0.3 is 10.6 Å². The second-order valence-electron chi connectivity index (χ2n) is 3.78. The van der Waals surface area contributed by atoms with Gasteiger partial charge in [0.15, 0.2) is 0 Å². The summed E-state index contributed by atoms with van der Waals surface area (Å²) in [6.07, 6.45) is 5.28. The Morgan fingerprint density at radius 3 is 2.75 bits per heavy atom. The second-order valence-corrected chi connectivity index (χ2v) is 5.26. The van der Waals surface area contributed by atoms with E-state index in [4.69, 9.17) is 0 Å². The van der Waals surface area contributed by atoms with E-state index in [1.54, 1.807) is 18.6 Å². The van der Waals surface area contributed by atoms with Crippen LogP contribution in [-0.4, -0.2) is 33.8 Å². The Hall–Kier alpha value is -1.10. The van der Waals surface area contributed by atoms with Crippen molar-refractivity contribution in [1.29, 1.82) is 0 Å². The van der Waals surface area contributed by atoms with Gasteiger partial charge in [-0.3, -0.25) is 9.19 Å². The average molecular weight is 241 g/mol. The normalized spacial score (nSPS) is 14.2. The van der Waals surface area contributed by atoms with E-state index in [1.807, 2.05) is 19.9 Å². The fraction of sp³-hybridized carbons (Fsp3) is 0.545. The van der Waals surface area contributed by atoms with E-state index in [-0.39, 0.29) is 6.04 Å². The van der Waals surface area contributed by atoms with Gasteiger partial charge in [0, 0.05) is 35.4 Å². The maximum Gasteiger partial charge on any atom is 0.0549 e. The van der Waals surface area contributed by atoms with Gasteiger partial charge in [-0.2, -0.15) is 0 Å². The molecular weight excluding hydrogens is 222 g/mol. The fourth-order valence-corrected chi connectivity index (χ4v) is 2.29. The predicted octanol–water partition coefficient (Wildman–Crippen LogP) is 1.69. The third-order valence-corrected chi connectivity index (χ3v) is 2.99. The van der Waals surface area contributed by atoms with E-state index in [9.17, 15) is 4.21 Å². The number of rotatable bonds is 6. The molecule has 0 aromatic carbocycles. The van der Waals surface area contributed by atoms with Gasteiger partial charge in [0.1, 0.15) is 0 Å². The van der Waals surface area contributed by atoms with Crippen LogP contribution >= 0.6 is 0 Å². The fourth-order valence-electron chi connectivity index (χ4n) is 1.50. The molecule has 0 spiro atoms. The molecule has 0 fully saturated rings. The lowest BCUT2D eigenvalue weighted by molar-refractivity contribution is 0.683. The van der Waals surface area contributed by atoms with Crippen molar-refractivity contribution < 1.29 is 4.21 Å². The molecule has 0 saturated heterocycles. The van der Waals surface area contributed by atoms with Crippen molar-refractivity contribution in [1.82, 2.24) is 4.98 Å². The van der Waals surface area contributed by atoms with Crippen LogP contribution in [-0.2, 0) is 10.8 Å². The molecule has 0 radical (unpaired) electrons. The molecule has 4 nitrogen and oxygen atoms in total. The van der Waals surface area contributed by atoms with Crippen molar-refractivity contribution in [2.75, 3.05) is 29.2 Å². The van der Waals surface area contributed by atoms with Crippen LogP contribution in [0.5, 0.6) is 0 Å². The second kappa shape index (κ2) is 6.48. The first-order valence-electron chi connectivity index (χ1n) is 5.37. The summed E-state index contributed by atoms with van der Waals surface area (Å²) in [6, 6.07) is 2.19. The highest BCUT2D eigenvalue weighted by atomic mass is 32.2. The molecule has 1 heterocycles. The van der Waals surface area contributed by atoms with Crippen molar-refractivity contribution in [3.63, 3.8) is 0 Å². The van der Waals surface area contributed by atoms with E-state index < -0.39 is 10.8 Å². The van der Waals surface area contributed by atoms with E-state index in [1.165, 1.54) is 0 Å². The average Bonchev–Trinajstić information content (AvgIpc) is 2.17. The van der Waals surface area contributed by atoms with Crippen LogP contribution in [0.2, 0.25) is 0 Å². The zero-order valence-corrected chi connectivity index (χ0v) is 10.8. The molecule has 1 aromatic rings. The molecule has 0 saturated carbocycles. The summed E-state index contributed by atoms with van der Waals surface area (Å²) in [4.78, 5) is 4.13. The molecule has 16 heavy (non-hydrogen) atoms. The van der Waals surface area contributed by atoms with Crippen LogP contribution in [0.3, 0.4) is 0 Å². The molecule has 1 aromatic heterocycles. The van der Waals surface area contributed by atoms with Gasteiger partial charge in [0.2, 0.25) is 0 Å². The minimum atomic E-state index is -0.777. The van der Waals surface area contributed by atoms with Crippen LogP contribution in [0.4, 0.5) is 11.4 Å². The van der Waals surface area contributed by atoms with Gasteiger partial charge in [0.25, 0.3) is 0 Å². The Bertz CT molecular complexity index is 357. The standard InChI is InChI=1S/C11H19N3OS/c1-4-13-10-5-11(7-12-6-10)14-9(2)8-16(3)15/h5-7,9,13-14H,4,8H2,1-3H3. The molecule has 0 aliphatic rings. The largest absolute Gasteiger partial charge is 0.384 e. The Morgan fingerprint density at radius 2 is 2.12 bits per heavy atom. The van der Waals surface area contributed by atoms with Crippen molar-refractivity contribution in [3.8, 4) is 0 Å². The summed E-state index contributed by atoms with van der Waals surface area (Å²) in [6.45, 7) is 4.93. The minimum absolute atomic E-state index is 0.185. The minimum Gasteiger partial charge on any atom is -0.384 e. The topological polar surface area (TPSA) is 54.0 Å². The molecule has 0 amide bonds. The number of hydrogen-bond donors (Lipinski definition) is 2. The molecule has 0 aliphatic carbocycles. The number of hydrogen-bond acceptors (Lipinski definition) is 4. The highest BCUT2D eigenvalue weighted by molar-refractivity contribution is 7.84. The van der Waals surface area contributed by atoms with Gasteiger partial charge in [-0.05, 0) is 19.9 Å². The van der Waals surface area contributed by atoms with E-state index >= 15 is 0 Å². The van der Waals surface area contributed by atoms with Crippen LogP contribution in [0.25, 0.3) is 0 Å². The summed E-state index contributed by atoms with van der Waals surface area (Å²) < 4.78 is 11.1. The first-order valence-corrected chi connectivity index (χ1v) is 7.10. The SMILES string of the molecule is CCNc1cncc(NC(C)CS(C)=O)c1. The van der Waals surface area contributed by atoms with Crippen LogP contribution < -0.4 is 10.6 Å². The maximum atomic E-state index is 11.1. The molecule has 0 bridgehead atoms. The number of aromatic nitrogens is 1. The Morgan fingerprint density at radius 1 is 1.44 bits per heavy atom. The molecule has 5 heteroatoms. The zero-order valence-electron chi connectivity index (χ0n) is 9.99. The van der Waals surface area contributed by atoms with Gasteiger partial charge in [-0.1, -0.05) is 0 Å². The smallest absolute Gasteiger partial charge is 0.0549 e. The van der Waals surface area contributed by atoms with Gasteiger partial charge in [-0.25, -0.2) is 0 Å². The van der Waals surface area contributed by atoms with Crippen LogP contribution in [0.1, 0.15) is 13.8 Å². The lowest BCUT2D eigenvalue weighted by Gasteiger charge is -2.14. The third-order valence-electron chi connectivity index (χ3n) is 2.02. The van der Waals surface area contributed by atoms with Crippen molar-refractivity contribution in [2.24, 2.45) is 0 Å². The van der Waals surface area contributed by atoms with Gasteiger partial charge in [-0.15, -0.1) is 0 Å². The van der Waals surface area contributed by atoms with Crippen molar-refractivity contribution >= 4 is 22.2 Å². The van der Waals surface area contributed by atoms with Crippen molar-refractivity contribution in [3.05, 3.63) is 18.5 Å². The Labute approximate surface area is 99.3 Å². The Kier molecular flexibility index (Phi) is 5.25. The van der Waals surface area contributed by atoms with Crippen LogP contribution in [0.15, 0.2) is 18.5 Å². The highest BCUT2D eigenvalue weighted by Crippen LogP contribution is 2.13. The summed E-state index contributed by atoms with van der Waals surface area (Å²) in [5, 5.41) is 6.48. The first-order chi connectivity index (χ1) is 7.61. The number of pyridine rings is 1. The molecule has 2 atom stereocenters. The molecule has 0 aliphatic heterocycles.